The molecule has 0 atom stereocenters. The van der Waals surface area contributed by atoms with Crippen molar-refractivity contribution in [1.82, 2.24) is 20.1 Å². The first-order valence-corrected chi connectivity index (χ1v) is 8.69. The van der Waals surface area contributed by atoms with Gasteiger partial charge in [-0.2, -0.15) is 0 Å². The topological polar surface area (TPSA) is 58.3 Å². The number of aliphatic imine (C=N–C) groups is 1. The molecule has 24 heavy (non-hydrogen) atoms. The number of hydrogen-bond acceptors (Lipinski definition) is 3. The van der Waals surface area contributed by atoms with Crippen molar-refractivity contribution in [2.45, 2.75) is 39.7 Å². The van der Waals surface area contributed by atoms with Gasteiger partial charge in [-0.05, 0) is 31.4 Å². The van der Waals surface area contributed by atoms with Crippen LogP contribution < -0.4 is 10.2 Å². The van der Waals surface area contributed by atoms with Crippen LogP contribution in [0.1, 0.15) is 37.0 Å². The van der Waals surface area contributed by atoms with Gasteiger partial charge in [0.1, 0.15) is 12.4 Å². The SMILES string of the molecule is CCCCNC(=NCc1nnc(C)n1C)N1CCc2ccccc21. The summed E-state index contributed by atoms with van der Waals surface area (Å²) in [5.74, 6) is 2.73. The number of rotatable bonds is 5. The van der Waals surface area contributed by atoms with Gasteiger partial charge >= 0.3 is 0 Å². The van der Waals surface area contributed by atoms with Gasteiger partial charge in [-0.15, -0.1) is 10.2 Å². The zero-order valence-electron chi connectivity index (χ0n) is 14.8. The molecule has 0 fully saturated rings. The van der Waals surface area contributed by atoms with Gasteiger partial charge in [0.25, 0.3) is 0 Å². The Bertz CT molecular complexity index is 718. The van der Waals surface area contributed by atoms with Crippen LogP contribution in [-0.2, 0) is 20.0 Å². The Balaban J connectivity index is 1.81. The summed E-state index contributed by atoms with van der Waals surface area (Å²) < 4.78 is 1.99. The van der Waals surface area contributed by atoms with Crippen LogP contribution in [0.3, 0.4) is 0 Å². The molecule has 0 saturated heterocycles. The first-order valence-electron chi connectivity index (χ1n) is 8.69. The molecule has 0 amide bonds. The maximum atomic E-state index is 4.83. The molecular formula is C18H26N6. The minimum atomic E-state index is 0.532. The summed E-state index contributed by atoms with van der Waals surface area (Å²) in [6.45, 7) is 6.59. The van der Waals surface area contributed by atoms with E-state index in [1.54, 1.807) is 0 Å². The van der Waals surface area contributed by atoms with Gasteiger partial charge < -0.3 is 14.8 Å². The quantitative estimate of drug-likeness (QED) is 0.521. The molecule has 3 rings (SSSR count). The Hall–Kier alpha value is -2.37. The van der Waals surface area contributed by atoms with Crippen LogP contribution in [0.4, 0.5) is 5.69 Å². The number of unbranched alkanes of at least 4 members (excludes halogenated alkanes) is 1. The van der Waals surface area contributed by atoms with E-state index in [1.807, 2.05) is 18.5 Å². The largest absolute Gasteiger partial charge is 0.356 e. The maximum absolute atomic E-state index is 4.83. The highest BCUT2D eigenvalue weighted by Gasteiger charge is 2.22. The molecule has 1 aliphatic rings. The average molecular weight is 326 g/mol. The number of benzene rings is 1. The Morgan fingerprint density at radius 3 is 2.88 bits per heavy atom. The van der Waals surface area contributed by atoms with Gasteiger partial charge in [0.2, 0.25) is 0 Å². The van der Waals surface area contributed by atoms with E-state index in [0.717, 1.165) is 43.5 Å². The number of anilines is 1. The second-order valence-corrected chi connectivity index (χ2v) is 6.17. The van der Waals surface area contributed by atoms with Crippen molar-refractivity contribution in [3.8, 4) is 0 Å². The van der Waals surface area contributed by atoms with E-state index in [1.165, 1.54) is 17.7 Å². The highest BCUT2D eigenvalue weighted by atomic mass is 15.3. The number of guanidine groups is 1. The molecule has 2 heterocycles. The lowest BCUT2D eigenvalue weighted by Crippen LogP contribution is -2.41. The molecular weight excluding hydrogens is 300 g/mol. The second-order valence-electron chi connectivity index (χ2n) is 6.17. The summed E-state index contributed by atoms with van der Waals surface area (Å²) in [5, 5.41) is 11.8. The van der Waals surface area contributed by atoms with Crippen molar-refractivity contribution in [3.63, 3.8) is 0 Å². The minimum Gasteiger partial charge on any atom is -0.356 e. The fourth-order valence-electron chi connectivity index (χ4n) is 2.91. The highest BCUT2D eigenvalue weighted by molar-refractivity contribution is 5.97. The molecule has 1 N–H and O–H groups in total. The minimum absolute atomic E-state index is 0.532. The van der Waals surface area contributed by atoms with Crippen molar-refractivity contribution in [1.29, 1.82) is 0 Å². The van der Waals surface area contributed by atoms with E-state index >= 15 is 0 Å². The predicted molar refractivity (Wildman–Crippen MR) is 97.3 cm³/mol. The number of aryl methyl sites for hydroxylation is 1. The third-order valence-electron chi connectivity index (χ3n) is 4.51. The summed E-state index contributed by atoms with van der Waals surface area (Å²) in [7, 11) is 1.98. The summed E-state index contributed by atoms with van der Waals surface area (Å²) in [6.07, 6.45) is 3.37. The first kappa shape index (κ1) is 16.5. The lowest BCUT2D eigenvalue weighted by atomic mass is 10.2. The first-order chi connectivity index (χ1) is 11.7. The standard InChI is InChI=1S/C18H26N6/c1-4-5-11-19-18(20-13-17-22-21-14(2)23(17)3)24-12-10-15-8-6-7-9-16(15)24/h6-9H,4-5,10-13H2,1-3H3,(H,19,20). The molecule has 1 aromatic carbocycles. The van der Waals surface area contributed by atoms with Crippen molar-refractivity contribution in [2.24, 2.45) is 12.0 Å². The zero-order valence-corrected chi connectivity index (χ0v) is 14.8. The molecule has 6 nitrogen and oxygen atoms in total. The van der Waals surface area contributed by atoms with Crippen molar-refractivity contribution < 1.29 is 0 Å². The fraction of sp³-hybridized carbons (Fsp3) is 0.500. The predicted octanol–water partition coefficient (Wildman–Crippen LogP) is 2.43. The Morgan fingerprint density at radius 2 is 2.12 bits per heavy atom. The number of nitrogens with zero attached hydrogens (tertiary/aromatic N) is 5. The third kappa shape index (κ3) is 3.42. The summed E-state index contributed by atoms with van der Waals surface area (Å²) >= 11 is 0. The Kier molecular flexibility index (Phi) is 5.13. The van der Waals surface area contributed by atoms with E-state index in [4.69, 9.17) is 4.99 Å². The van der Waals surface area contributed by atoms with Crippen LogP contribution >= 0.6 is 0 Å². The third-order valence-corrected chi connectivity index (χ3v) is 4.51. The molecule has 2 aromatic rings. The Morgan fingerprint density at radius 1 is 1.29 bits per heavy atom. The summed E-state index contributed by atoms with van der Waals surface area (Å²) in [5.41, 5.74) is 2.64. The van der Waals surface area contributed by atoms with Crippen LogP contribution in [-0.4, -0.2) is 33.8 Å². The molecule has 128 valence electrons. The fourth-order valence-corrected chi connectivity index (χ4v) is 2.91. The van der Waals surface area contributed by atoms with Gasteiger partial charge in [-0.25, -0.2) is 4.99 Å². The number of fused-ring (bicyclic) bond motifs is 1. The van der Waals surface area contributed by atoms with Gasteiger partial charge in [0.05, 0.1) is 0 Å². The number of aromatic nitrogens is 3. The normalized spacial score (nSPS) is 14.1. The second kappa shape index (κ2) is 7.47. The molecule has 6 heteroatoms. The van der Waals surface area contributed by atoms with Crippen LogP contribution in [0.2, 0.25) is 0 Å². The molecule has 0 aliphatic carbocycles. The van der Waals surface area contributed by atoms with Crippen molar-refractivity contribution in [3.05, 3.63) is 41.5 Å². The number of hydrogen-bond donors (Lipinski definition) is 1. The summed E-state index contributed by atoms with van der Waals surface area (Å²) in [6, 6.07) is 8.57. The molecule has 0 spiro atoms. The van der Waals surface area contributed by atoms with Gasteiger partial charge in [0.15, 0.2) is 11.8 Å². The molecule has 0 saturated carbocycles. The molecule has 0 unspecified atom stereocenters. The lowest BCUT2D eigenvalue weighted by molar-refractivity contribution is 0.732. The van der Waals surface area contributed by atoms with Crippen LogP contribution in [0, 0.1) is 6.92 Å². The van der Waals surface area contributed by atoms with Gasteiger partial charge in [-0.1, -0.05) is 31.5 Å². The number of para-hydroxylation sites is 1. The van der Waals surface area contributed by atoms with E-state index < -0.39 is 0 Å². The zero-order chi connectivity index (χ0) is 16.9. The smallest absolute Gasteiger partial charge is 0.198 e. The van der Waals surface area contributed by atoms with E-state index in [-0.39, 0.29) is 0 Å². The molecule has 0 bridgehead atoms. The monoisotopic (exact) mass is 326 g/mol. The Labute approximate surface area is 143 Å². The van der Waals surface area contributed by atoms with E-state index in [9.17, 15) is 0 Å². The maximum Gasteiger partial charge on any atom is 0.198 e. The molecule has 1 aromatic heterocycles. The number of nitrogens with one attached hydrogen (secondary N) is 1. The van der Waals surface area contributed by atoms with Crippen LogP contribution in [0.5, 0.6) is 0 Å². The lowest BCUT2D eigenvalue weighted by Gasteiger charge is -2.22. The van der Waals surface area contributed by atoms with Gasteiger partial charge in [-0.3, -0.25) is 0 Å². The van der Waals surface area contributed by atoms with E-state index in [2.05, 4.69) is 51.6 Å². The van der Waals surface area contributed by atoms with E-state index in [0.29, 0.717) is 6.54 Å². The van der Waals surface area contributed by atoms with Crippen molar-refractivity contribution >= 4 is 11.6 Å². The van der Waals surface area contributed by atoms with Crippen LogP contribution in [0.15, 0.2) is 29.3 Å². The van der Waals surface area contributed by atoms with Gasteiger partial charge in [0, 0.05) is 25.8 Å². The molecule has 0 radical (unpaired) electrons. The van der Waals surface area contributed by atoms with Crippen molar-refractivity contribution in [2.75, 3.05) is 18.0 Å². The highest BCUT2D eigenvalue weighted by Crippen LogP contribution is 2.27. The summed E-state index contributed by atoms with van der Waals surface area (Å²) in [4.78, 5) is 7.11. The molecule has 1 aliphatic heterocycles. The average Bonchev–Trinajstić information content (AvgIpc) is 3.16. The van der Waals surface area contributed by atoms with Crippen LogP contribution in [0.25, 0.3) is 0 Å².